The van der Waals surface area contributed by atoms with Crippen LogP contribution in [-0.2, 0) is 9.47 Å². The molecule has 2 N–H and O–H groups in total. The van der Waals surface area contributed by atoms with Crippen LogP contribution in [0, 0.1) is 0 Å². The lowest BCUT2D eigenvalue weighted by Crippen LogP contribution is -2.22. The maximum Gasteiger partial charge on any atom is 0.362 e. The SMILES string of the molecule is COC(=O)c1[nH]nc(C(=O)OC)c(=O)c1O. The molecule has 0 aliphatic carbocycles. The first-order valence-electron chi connectivity index (χ1n) is 4.01. The van der Waals surface area contributed by atoms with Crippen molar-refractivity contribution in [3.05, 3.63) is 21.6 Å². The minimum absolute atomic E-state index is 0.528. The van der Waals surface area contributed by atoms with Crippen molar-refractivity contribution in [3.63, 3.8) is 0 Å². The molecule has 0 atom stereocenters. The Kier molecular flexibility index (Phi) is 3.24. The zero-order valence-electron chi connectivity index (χ0n) is 8.44. The van der Waals surface area contributed by atoms with Gasteiger partial charge in [0.05, 0.1) is 14.2 Å². The van der Waals surface area contributed by atoms with E-state index in [0.29, 0.717) is 0 Å². The number of aromatic hydroxyl groups is 1. The predicted molar refractivity (Wildman–Crippen MR) is 49.2 cm³/mol. The Morgan fingerprint density at radius 3 is 2.31 bits per heavy atom. The molecule has 0 radical (unpaired) electrons. The highest BCUT2D eigenvalue weighted by Crippen LogP contribution is 2.08. The van der Waals surface area contributed by atoms with Crippen LogP contribution in [0.5, 0.6) is 5.75 Å². The molecule has 0 bridgehead atoms. The lowest BCUT2D eigenvalue weighted by Gasteiger charge is -2.02. The van der Waals surface area contributed by atoms with Crippen molar-refractivity contribution in [2.45, 2.75) is 0 Å². The molecular formula is C8H8N2O6. The fraction of sp³-hybridized carbons (Fsp3) is 0.250. The number of aromatic amines is 1. The van der Waals surface area contributed by atoms with Gasteiger partial charge in [-0.1, -0.05) is 0 Å². The molecule has 0 aromatic carbocycles. The third-order valence-corrected chi connectivity index (χ3v) is 1.71. The molecule has 0 spiro atoms. The van der Waals surface area contributed by atoms with Crippen LogP contribution >= 0.6 is 0 Å². The molecule has 0 aliphatic heterocycles. The summed E-state index contributed by atoms with van der Waals surface area (Å²) in [5, 5.41) is 14.7. The number of methoxy groups -OCH3 is 2. The highest BCUT2D eigenvalue weighted by molar-refractivity contribution is 5.92. The molecule has 8 heteroatoms. The Labute approximate surface area is 88.8 Å². The van der Waals surface area contributed by atoms with E-state index < -0.39 is 34.5 Å². The van der Waals surface area contributed by atoms with Crippen LogP contribution in [0.3, 0.4) is 0 Å². The molecule has 1 heterocycles. The summed E-state index contributed by atoms with van der Waals surface area (Å²) in [5.74, 6) is -2.94. The number of carbonyl (C=O) groups excluding carboxylic acids is 2. The van der Waals surface area contributed by atoms with E-state index in [1.165, 1.54) is 0 Å². The summed E-state index contributed by atoms with van der Waals surface area (Å²) in [5.41, 5.74) is -2.28. The number of rotatable bonds is 2. The van der Waals surface area contributed by atoms with Crippen LogP contribution in [0.2, 0.25) is 0 Å². The van der Waals surface area contributed by atoms with E-state index in [9.17, 15) is 19.5 Å². The van der Waals surface area contributed by atoms with Gasteiger partial charge < -0.3 is 14.6 Å². The van der Waals surface area contributed by atoms with Gasteiger partial charge in [-0.05, 0) is 0 Å². The maximum atomic E-state index is 11.4. The van der Waals surface area contributed by atoms with Crippen LogP contribution in [-0.4, -0.2) is 41.5 Å². The van der Waals surface area contributed by atoms with Gasteiger partial charge in [-0.3, -0.25) is 9.89 Å². The first kappa shape index (κ1) is 11.7. The van der Waals surface area contributed by atoms with Gasteiger partial charge in [-0.25, -0.2) is 9.59 Å². The summed E-state index contributed by atoms with van der Waals surface area (Å²) in [7, 11) is 2.11. The minimum Gasteiger partial charge on any atom is -0.502 e. The summed E-state index contributed by atoms with van der Waals surface area (Å²) in [4.78, 5) is 33.4. The highest BCUT2D eigenvalue weighted by atomic mass is 16.5. The van der Waals surface area contributed by atoms with Crippen molar-refractivity contribution in [2.24, 2.45) is 0 Å². The third kappa shape index (κ3) is 1.85. The number of hydrogen-bond donors (Lipinski definition) is 2. The van der Waals surface area contributed by atoms with Gasteiger partial charge in [0.2, 0.25) is 5.69 Å². The average Bonchev–Trinajstić information content (AvgIpc) is 2.30. The molecule has 1 aromatic heterocycles. The molecule has 0 fully saturated rings. The molecule has 0 unspecified atom stereocenters. The molecule has 0 aliphatic rings. The maximum absolute atomic E-state index is 11.4. The monoisotopic (exact) mass is 228 g/mol. The van der Waals surface area contributed by atoms with E-state index in [0.717, 1.165) is 14.2 Å². The van der Waals surface area contributed by atoms with E-state index in [4.69, 9.17) is 0 Å². The van der Waals surface area contributed by atoms with Crippen LogP contribution in [0.1, 0.15) is 21.0 Å². The zero-order chi connectivity index (χ0) is 12.3. The molecule has 1 rings (SSSR count). The molecule has 0 saturated heterocycles. The first-order chi connectivity index (χ1) is 7.52. The van der Waals surface area contributed by atoms with Crippen molar-refractivity contribution < 1.29 is 24.2 Å². The number of nitrogens with one attached hydrogen (secondary N) is 1. The fourth-order valence-corrected chi connectivity index (χ4v) is 0.921. The molecular weight excluding hydrogens is 220 g/mol. The number of H-pyrrole nitrogens is 1. The second-order valence-corrected chi connectivity index (χ2v) is 2.61. The Bertz CT molecular complexity index is 492. The van der Waals surface area contributed by atoms with Crippen molar-refractivity contribution in [1.82, 2.24) is 10.2 Å². The number of carbonyl (C=O) groups is 2. The molecule has 8 nitrogen and oxygen atoms in total. The van der Waals surface area contributed by atoms with Gasteiger partial charge in [0.15, 0.2) is 11.4 Å². The van der Waals surface area contributed by atoms with Crippen molar-refractivity contribution in [3.8, 4) is 5.75 Å². The smallest absolute Gasteiger partial charge is 0.362 e. The summed E-state index contributed by atoms with van der Waals surface area (Å²) in [6.07, 6.45) is 0. The van der Waals surface area contributed by atoms with Crippen molar-refractivity contribution >= 4 is 11.9 Å². The van der Waals surface area contributed by atoms with E-state index in [-0.39, 0.29) is 0 Å². The quantitative estimate of drug-likeness (QED) is 0.626. The highest BCUT2D eigenvalue weighted by Gasteiger charge is 2.22. The normalized spacial score (nSPS) is 9.62. The summed E-state index contributed by atoms with van der Waals surface area (Å²) >= 11 is 0. The minimum atomic E-state index is -1.11. The second-order valence-electron chi connectivity index (χ2n) is 2.61. The number of hydrogen-bond acceptors (Lipinski definition) is 7. The number of ether oxygens (including phenoxy) is 2. The molecule has 16 heavy (non-hydrogen) atoms. The van der Waals surface area contributed by atoms with Gasteiger partial charge in [0.25, 0.3) is 5.43 Å². The van der Waals surface area contributed by atoms with Crippen LogP contribution in [0.25, 0.3) is 0 Å². The van der Waals surface area contributed by atoms with Gasteiger partial charge in [-0.2, -0.15) is 5.10 Å². The Hall–Kier alpha value is -2.38. The van der Waals surface area contributed by atoms with Crippen LogP contribution in [0.15, 0.2) is 4.79 Å². The number of esters is 2. The van der Waals surface area contributed by atoms with E-state index in [2.05, 4.69) is 14.6 Å². The fourth-order valence-electron chi connectivity index (χ4n) is 0.921. The summed E-state index contributed by atoms with van der Waals surface area (Å²) in [6, 6.07) is 0. The van der Waals surface area contributed by atoms with E-state index in [1.807, 2.05) is 5.10 Å². The molecule has 0 amide bonds. The second kappa shape index (κ2) is 4.43. The van der Waals surface area contributed by atoms with Gasteiger partial charge >= 0.3 is 11.9 Å². The predicted octanol–water partition coefficient (Wildman–Crippen LogP) is -0.951. The summed E-state index contributed by atoms with van der Waals surface area (Å²) in [6.45, 7) is 0. The van der Waals surface area contributed by atoms with Crippen LogP contribution < -0.4 is 5.43 Å². The number of nitrogens with zero attached hydrogens (tertiary/aromatic N) is 1. The van der Waals surface area contributed by atoms with E-state index in [1.54, 1.807) is 0 Å². The van der Waals surface area contributed by atoms with Crippen molar-refractivity contribution in [2.75, 3.05) is 14.2 Å². The lowest BCUT2D eigenvalue weighted by atomic mass is 10.3. The van der Waals surface area contributed by atoms with Crippen LogP contribution in [0.4, 0.5) is 0 Å². The molecule has 1 aromatic rings. The van der Waals surface area contributed by atoms with E-state index >= 15 is 0 Å². The number of aromatic nitrogens is 2. The topological polar surface area (TPSA) is 119 Å². The Balaban J connectivity index is 3.35. The zero-order valence-corrected chi connectivity index (χ0v) is 8.44. The molecule has 86 valence electrons. The van der Waals surface area contributed by atoms with Gasteiger partial charge in [-0.15, -0.1) is 0 Å². The largest absolute Gasteiger partial charge is 0.502 e. The third-order valence-electron chi connectivity index (χ3n) is 1.71. The van der Waals surface area contributed by atoms with Gasteiger partial charge in [0, 0.05) is 0 Å². The van der Waals surface area contributed by atoms with Crippen molar-refractivity contribution in [1.29, 1.82) is 0 Å². The lowest BCUT2D eigenvalue weighted by molar-refractivity contribution is 0.0568. The average molecular weight is 228 g/mol. The molecule has 0 saturated carbocycles. The standard InChI is InChI=1S/C8H8N2O6/c1-15-7(13)3-5(11)6(12)4(10-9-3)8(14)16-2/h1-2H3,(H,9,12)(H,10,11). The Morgan fingerprint density at radius 2 is 1.81 bits per heavy atom. The van der Waals surface area contributed by atoms with Gasteiger partial charge in [0.1, 0.15) is 0 Å². The summed E-state index contributed by atoms with van der Waals surface area (Å²) < 4.78 is 8.52. The Morgan fingerprint density at radius 1 is 1.25 bits per heavy atom. The first-order valence-corrected chi connectivity index (χ1v) is 4.01.